The van der Waals surface area contributed by atoms with Crippen molar-refractivity contribution >= 4 is 38.3 Å². The van der Waals surface area contributed by atoms with Crippen LogP contribution in [0.1, 0.15) is 11.3 Å². The number of primary sulfonamides is 1. The number of rotatable bonds is 4. The van der Waals surface area contributed by atoms with E-state index in [0.717, 1.165) is 15.2 Å². The van der Waals surface area contributed by atoms with Crippen LogP contribution < -0.4 is 10.5 Å². The van der Waals surface area contributed by atoms with Gasteiger partial charge in [0.25, 0.3) is 0 Å². The molecule has 7 heteroatoms. The topological polar surface area (TPSA) is 85.3 Å². The van der Waals surface area contributed by atoms with Crippen LogP contribution in [0.3, 0.4) is 0 Å². The van der Waals surface area contributed by atoms with Gasteiger partial charge in [0.1, 0.15) is 5.76 Å². The Morgan fingerprint density at radius 2 is 2.05 bits per heavy atom. The van der Waals surface area contributed by atoms with Gasteiger partial charge in [0.2, 0.25) is 10.0 Å². The highest BCUT2D eigenvalue weighted by molar-refractivity contribution is 14.1. The normalized spacial score (nSPS) is 11.5. The average molecular weight is 392 g/mol. The van der Waals surface area contributed by atoms with Crippen LogP contribution in [0.4, 0.5) is 5.69 Å². The van der Waals surface area contributed by atoms with Gasteiger partial charge < -0.3 is 9.73 Å². The zero-order chi connectivity index (χ0) is 14.0. The van der Waals surface area contributed by atoms with Crippen LogP contribution in [-0.4, -0.2) is 8.42 Å². The first-order valence-corrected chi connectivity index (χ1v) is 8.11. The van der Waals surface area contributed by atoms with Crippen molar-refractivity contribution in [3.63, 3.8) is 0 Å². The fourth-order valence-electron chi connectivity index (χ4n) is 1.74. The van der Waals surface area contributed by atoms with Crippen molar-refractivity contribution in [3.8, 4) is 0 Å². The predicted octanol–water partition coefficient (Wildman–Crippen LogP) is 2.45. The van der Waals surface area contributed by atoms with Crippen molar-refractivity contribution in [2.75, 3.05) is 5.32 Å². The number of sulfonamides is 1. The molecule has 2 aromatic rings. The van der Waals surface area contributed by atoms with E-state index < -0.39 is 10.0 Å². The van der Waals surface area contributed by atoms with E-state index >= 15 is 0 Å². The zero-order valence-electron chi connectivity index (χ0n) is 10.2. The van der Waals surface area contributed by atoms with E-state index in [9.17, 15) is 8.42 Å². The summed E-state index contributed by atoms with van der Waals surface area (Å²) < 4.78 is 29.1. The summed E-state index contributed by atoms with van der Waals surface area (Å²) in [5, 5.41) is 8.30. The summed E-state index contributed by atoms with van der Waals surface area (Å²) in [4.78, 5) is 0.131. The molecule has 0 amide bonds. The molecule has 0 aliphatic rings. The van der Waals surface area contributed by atoms with Crippen LogP contribution in [0, 0.1) is 10.7 Å². The van der Waals surface area contributed by atoms with Crippen LogP contribution in [0.15, 0.2) is 39.6 Å². The van der Waals surface area contributed by atoms with Gasteiger partial charge in [-0.3, -0.25) is 0 Å². The minimum atomic E-state index is -3.70. The molecule has 5 nitrogen and oxygen atoms in total. The van der Waals surface area contributed by atoms with E-state index in [-0.39, 0.29) is 4.90 Å². The number of furan rings is 1. The Kier molecular flexibility index (Phi) is 4.16. The Hall–Kier alpha value is -1.06. The SMILES string of the molecule is Cc1c(NCc2ccc(I)o2)cccc1S(N)(=O)=O. The molecule has 0 saturated heterocycles. The highest BCUT2D eigenvalue weighted by atomic mass is 127. The molecule has 0 bridgehead atoms. The van der Waals surface area contributed by atoms with Gasteiger partial charge in [-0.15, -0.1) is 0 Å². The van der Waals surface area contributed by atoms with E-state index in [1.165, 1.54) is 6.07 Å². The molecule has 0 atom stereocenters. The summed E-state index contributed by atoms with van der Waals surface area (Å²) in [6, 6.07) is 8.68. The van der Waals surface area contributed by atoms with Crippen LogP contribution in [-0.2, 0) is 16.6 Å². The third-order valence-electron chi connectivity index (χ3n) is 2.67. The number of benzene rings is 1. The number of nitrogens with one attached hydrogen (secondary N) is 1. The summed E-state index contributed by atoms with van der Waals surface area (Å²) in [6.07, 6.45) is 0. The molecule has 0 saturated carbocycles. The molecular weight excluding hydrogens is 379 g/mol. The molecule has 0 aliphatic heterocycles. The first-order valence-electron chi connectivity index (χ1n) is 5.48. The van der Waals surface area contributed by atoms with Gasteiger partial charge in [-0.05, 0) is 59.3 Å². The minimum Gasteiger partial charge on any atom is -0.454 e. The summed E-state index contributed by atoms with van der Waals surface area (Å²) >= 11 is 2.09. The van der Waals surface area contributed by atoms with Gasteiger partial charge in [0.15, 0.2) is 3.77 Å². The lowest BCUT2D eigenvalue weighted by molar-refractivity contribution is 0.493. The monoisotopic (exact) mass is 392 g/mol. The molecule has 1 heterocycles. The zero-order valence-corrected chi connectivity index (χ0v) is 13.2. The Morgan fingerprint density at radius 1 is 1.32 bits per heavy atom. The predicted molar refractivity (Wildman–Crippen MR) is 81.3 cm³/mol. The second-order valence-electron chi connectivity index (χ2n) is 4.03. The van der Waals surface area contributed by atoms with Crippen LogP contribution >= 0.6 is 22.6 Å². The molecule has 2 rings (SSSR count). The second-order valence-corrected chi connectivity index (χ2v) is 6.63. The van der Waals surface area contributed by atoms with Gasteiger partial charge in [-0.1, -0.05) is 6.07 Å². The van der Waals surface area contributed by atoms with E-state index in [1.807, 2.05) is 12.1 Å². The first-order chi connectivity index (χ1) is 8.88. The lowest BCUT2D eigenvalue weighted by Gasteiger charge is -2.11. The quantitative estimate of drug-likeness (QED) is 0.783. The second kappa shape index (κ2) is 5.51. The molecule has 0 spiro atoms. The molecule has 3 N–H and O–H groups in total. The Morgan fingerprint density at radius 3 is 2.63 bits per heavy atom. The maximum atomic E-state index is 11.4. The van der Waals surface area contributed by atoms with E-state index in [2.05, 4.69) is 27.9 Å². The molecule has 0 aliphatic carbocycles. The Bertz CT molecular complexity index is 695. The van der Waals surface area contributed by atoms with Gasteiger partial charge in [-0.2, -0.15) is 0 Å². The number of anilines is 1. The summed E-state index contributed by atoms with van der Waals surface area (Å²) in [5.74, 6) is 0.782. The molecule has 1 aromatic heterocycles. The lowest BCUT2D eigenvalue weighted by Crippen LogP contribution is -2.14. The maximum Gasteiger partial charge on any atom is 0.238 e. The van der Waals surface area contributed by atoms with Crippen molar-refractivity contribution in [3.05, 3.63) is 45.4 Å². The summed E-state index contributed by atoms with van der Waals surface area (Å²) in [6.45, 7) is 2.20. The molecular formula is C12H13IN2O3S. The Balaban J connectivity index is 2.22. The molecule has 1 aromatic carbocycles. The van der Waals surface area contributed by atoms with Crippen LogP contribution in [0.2, 0.25) is 0 Å². The van der Waals surface area contributed by atoms with Gasteiger partial charge in [0, 0.05) is 5.69 Å². The van der Waals surface area contributed by atoms with Gasteiger partial charge >= 0.3 is 0 Å². The standard InChI is InChI=1S/C12H13IN2O3S/c1-8-10(3-2-4-11(8)19(14,16)17)15-7-9-5-6-12(13)18-9/h2-6,15H,7H2,1H3,(H2,14,16,17). The molecule has 0 fully saturated rings. The first kappa shape index (κ1) is 14.4. The van der Waals surface area contributed by atoms with E-state index in [0.29, 0.717) is 12.1 Å². The van der Waals surface area contributed by atoms with E-state index in [1.54, 1.807) is 19.1 Å². The van der Waals surface area contributed by atoms with Crippen molar-refractivity contribution in [2.24, 2.45) is 5.14 Å². The average Bonchev–Trinajstić information content (AvgIpc) is 2.72. The highest BCUT2D eigenvalue weighted by Crippen LogP contribution is 2.22. The number of hydrogen-bond acceptors (Lipinski definition) is 4. The van der Waals surface area contributed by atoms with Crippen LogP contribution in [0.25, 0.3) is 0 Å². The largest absolute Gasteiger partial charge is 0.454 e. The van der Waals surface area contributed by atoms with Crippen molar-refractivity contribution in [2.45, 2.75) is 18.4 Å². The van der Waals surface area contributed by atoms with Crippen molar-refractivity contribution in [1.82, 2.24) is 0 Å². The lowest BCUT2D eigenvalue weighted by atomic mass is 10.2. The smallest absolute Gasteiger partial charge is 0.238 e. The molecule has 102 valence electrons. The third kappa shape index (κ3) is 3.48. The van der Waals surface area contributed by atoms with Crippen molar-refractivity contribution < 1.29 is 12.8 Å². The third-order valence-corrected chi connectivity index (χ3v) is 4.31. The fraction of sp³-hybridized carbons (Fsp3) is 0.167. The minimum absolute atomic E-state index is 0.131. The number of nitrogens with two attached hydrogens (primary N) is 1. The number of halogens is 1. The molecule has 0 radical (unpaired) electrons. The summed E-state index contributed by atoms with van der Waals surface area (Å²) in [7, 11) is -3.70. The van der Waals surface area contributed by atoms with Crippen molar-refractivity contribution in [1.29, 1.82) is 0 Å². The summed E-state index contributed by atoms with van der Waals surface area (Å²) in [5.41, 5.74) is 1.32. The van der Waals surface area contributed by atoms with Gasteiger partial charge in [0.05, 0.1) is 11.4 Å². The fourth-order valence-corrected chi connectivity index (χ4v) is 3.01. The number of hydrogen-bond donors (Lipinski definition) is 2. The van der Waals surface area contributed by atoms with E-state index in [4.69, 9.17) is 9.56 Å². The highest BCUT2D eigenvalue weighted by Gasteiger charge is 2.13. The maximum absolute atomic E-state index is 11.4. The van der Waals surface area contributed by atoms with Crippen LogP contribution in [0.5, 0.6) is 0 Å². The Labute approximate surface area is 125 Å². The molecule has 0 unspecified atom stereocenters. The van der Waals surface area contributed by atoms with Gasteiger partial charge in [-0.25, -0.2) is 13.6 Å². The molecule has 19 heavy (non-hydrogen) atoms.